The Morgan fingerprint density at radius 2 is 1.97 bits per heavy atom. The molecule has 1 aliphatic rings. The molecule has 12 heteroatoms. The van der Waals surface area contributed by atoms with E-state index in [1.54, 1.807) is 10.8 Å². The summed E-state index contributed by atoms with van der Waals surface area (Å²) in [4.78, 5) is 21.0. The number of sulfone groups is 1. The zero-order valence-electron chi connectivity index (χ0n) is 17.5. The third-order valence-electron chi connectivity index (χ3n) is 5.28. The third-order valence-corrected chi connectivity index (χ3v) is 7.01. The molecule has 4 aromatic rings. The van der Waals surface area contributed by atoms with Gasteiger partial charge in [0.1, 0.15) is 35.2 Å². The molecule has 1 fully saturated rings. The van der Waals surface area contributed by atoms with Gasteiger partial charge in [0.25, 0.3) is 0 Å². The van der Waals surface area contributed by atoms with Gasteiger partial charge in [-0.1, -0.05) is 6.07 Å². The highest BCUT2D eigenvalue weighted by Crippen LogP contribution is 2.33. The number of benzene rings is 1. The number of hydrogen-bond donors (Lipinski definition) is 1. The largest absolute Gasteiger partial charge is 0.333 e. The van der Waals surface area contributed by atoms with Crippen LogP contribution < -0.4 is 5.32 Å². The zero-order valence-corrected chi connectivity index (χ0v) is 18.4. The molecule has 1 aromatic carbocycles. The van der Waals surface area contributed by atoms with Gasteiger partial charge < -0.3 is 5.32 Å². The molecule has 0 saturated heterocycles. The fourth-order valence-corrected chi connectivity index (χ4v) is 5.34. The predicted octanol–water partition coefficient (Wildman–Crippen LogP) is 3.26. The quantitative estimate of drug-likeness (QED) is 0.437. The lowest BCUT2D eigenvalue weighted by Gasteiger charge is -2.13. The molecule has 0 atom stereocenters. The normalized spacial score (nSPS) is 14.0. The molecular formula is C21H19F2N7O2S. The minimum atomic E-state index is -3.51. The molecule has 0 spiro atoms. The number of hydrogen-bond acceptors (Lipinski definition) is 8. The topological polar surface area (TPSA) is 116 Å². The summed E-state index contributed by atoms with van der Waals surface area (Å²) in [6, 6.07) is 2.19. The lowest BCUT2D eigenvalue weighted by atomic mass is 10.2. The lowest BCUT2D eigenvalue weighted by molar-refractivity contribution is 0.573. The maximum Gasteiger partial charge on any atom is 0.235 e. The molecule has 0 unspecified atom stereocenters. The Morgan fingerprint density at radius 3 is 2.70 bits per heavy atom. The van der Waals surface area contributed by atoms with Gasteiger partial charge in [-0.2, -0.15) is 0 Å². The van der Waals surface area contributed by atoms with Crippen LogP contribution in [0.2, 0.25) is 0 Å². The van der Waals surface area contributed by atoms with Crippen LogP contribution in [-0.2, 0) is 15.6 Å². The molecule has 0 amide bonds. The van der Waals surface area contributed by atoms with Crippen molar-refractivity contribution in [1.82, 2.24) is 29.5 Å². The summed E-state index contributed by atoms with van der Waals surface area (Å²) in [5.74, 6) is -1.89. The van der Waals surface area contributed by atoms with Gasteiger partial charge in [0, 0.05) is 11.8 Å². The summed E-state index contributed by atoms with van der Waals surface area (Å²) in [5, 5.41) is 2.64. The number of nitrogens with one attached hydrogen (secondary N) is 1. The van der Waals surface area contributed by atoms with Crippen molar-refractivity contribution in [3.63, 3.8) is 0 Å². The van der Waals surface area contributed by atoms with Crippen molar-refractivity contribution in [3.05, 3.63) is 60.1 Å². The first-order valence-electron chi connectivity index (χ1n) is 10.2. The van der Waals surface area contributed by atoms with Crippen LogP contribution in [0.5, 0.6) is 0 Å². The highest BCUT2D eigenvalue weighted by atomic mass is 32.2. The summed E-state index contributed by atoms with van der Waals surface area (Å²) < 4.78 is 56.1. The van der Waals surface area contributed by atoms with Crippen molar-refractivity contribution in [3.8, 4) is 5.95 Å². The van der Waals surface area contributed by atoms with E-state index in [1.165, 1.54) is 18.9 Å². The Kier molecular flexibility index (Phi) is 5.23. The molecule has 33 heavy (non-hydrogen) atoms. The molecule has 0 radical (unpaired) electrons. The molecule has 0 aliphatic heterocycles. The van der Waals surface area contributed by atoms with E-state index in [0.29, 0.717) is 5.52 Å². The average Bonchev–Trinajstić information content (AvgIpc) is 3.48. The van der Waals surface area contributed by atoms with E-state index in [1.807, 2.05) is 6.92 Å². The predicted molar refractivity (Wildman–Crippen MR) is 117 cm³/mol. The highest BCUT2D eigenvalue weighted by molar-refractivity contribution is 7.90. The second-order valence-electron chi connectivity index (χ2n) is 8.07. The van der Waals surface area contributed by atoms with Gasteiger partial charge in [0.2, 0.25) is 5.95 Å². The number of aromatic nitrogens is 6. The summed E-state index contributed by atoms with van der Waals surface area (Å²) >= 11 is 0. The van der Waals surface area contributed by atoms with Gasteiger partial charge in [-0.25, -0.2) is 42.1 Å². The molecule has 3 heterocycles. The number of nitrogens with zero attached hydrogens (tertiary/aromatic N) is 6. The van der Waals surface area contributed by atoms with Crippen LogP contribution in [0.3, 0.4) is 0 Å². The molecule has 1 saturated carbocycles. The number of anilines is 2. The first kappa shape index (κ1) is 21.3. The van der Waals surface area contributed by atoms with Crippen molar-refractivity contribution in [2.75, 3.05) is 11.1 Å². The minimum absolute atomic E-state index is 0.0105. The molecule has 1 aliphatic carbocycles. The van der Waals surface area contributed by atoms with Gasteiger partial charge in [0.15, 0.2) is 21.5 Å². The number of fused-ring (bicyclic) bond motifs is 1. The first-order valence-corrected chi connectivity index (χ1v) is 12.0. The van der Waals surface area contributed by atoms with E-state index in [0.717, 1.165) is 30.7 Å². The van der Waals surface area contributed by atoms with Crippen molar-refractivity contribution in [1.29, 1.82) is 0 Å². The van der Waals surface area contributed by atoms with E-state index >= 15 is 4.39 Å². The van der Waals surface area contributed by atoms with Crippen LogP contribution in [0.1, 0.15) is 24.1 Å². The Balaban J connectivity index is 1.51. The second kappa shape index (κ2) is 8.10. The molecule has 5 rings (SSSR count). The van der Waals surface area contributed by atoms with Gasteiger partial charge in [-0.3, -0.25) is 4.57 Å². The first-order chi connectivity index (χ1) is 15.8. The summed E-state index contributed by atoms with van der Waals surface area (Å²) in [7, 11) is -3.51. The van der Waals surface area contributed by atoms with Crippen LogP contribution in [0.25, 0.3) is 17.0 Å². The van der Waals surface area contributed by atoms with E-state index in [-0.39, 0.29) is 34.5 Å². The summed E-state index contributed by atoms with van der Waals surface area (Å²) in [6.45, 7) is 1.82. The van der Waals surface area contributed by atoms with Crippen LogP contribution >= 0.6 is 0 Å². The van der Waals surface area contributed by atoms with Crippen molar-refractivity contribution < 1.29 is 17.2 Å². The Bertz CT molecular complexity index is 1470. The molecule has 0 bridgehead atoms. The number of rotatable bonds is 7. The Hall–Kier alpha value is -3.54. The minimum Gasteiger partial charge on any atom is -0.333 e. The standard InChI is InChI=1S/C21H19F2N7O2S/c1-12-7-30(11-27-12)21-24-6-16-19(29-21)20(26-10-25-16)28-18-15(22)5-4-14(17(18)23)9-33(31,32)8-13-2-3-13/h4-7,10-11,13H,2-3,8-9H2,1H3,(H,25,26,28). The van der Waals surface area contributed by atoms with Gasteiger partial charge >= 0.3 is 0 Å². The fraction of sp³-hybridized carbons (Fsp3) is 0.286. The van der Waals surface area contributed by atoms with Crippen molar-refractivity contribution >= 4 is 32.4 Å². The summed E-state index contributed by atoms with van der Waals surface area (Å²) in [6.07, 6.45) is 7.67. The number of halogens is 2. The fourth-order valence-electron chi connectivity index (χ4n) is 3.47. The second-order valence-corrected chi connectivity index (χ2v) is 10.2. The molecule has 9 nitrogen and oxygen atoms in total. The third kappa shape index (κ3) is 4.51. The van der Waals surface area contributed by atoms with Gasteiger partial charge in [-0.15, -0.1) is 0 Å². The maximum atomic E-state index is 15.2. The molecule has 1 N–H and O–H groups in total. The maximum absolute atomic E-state index is 15.2. The highest BCUT2D eigenvalue weighted by Gasteiger charge is 2.29. The molecular weight excluding hydrogens is 452 g/mol. The van der Waals surface area contributed by atoms with Gasteiger partial charge in [0.05, 0.1) is 23.4 Å². The molecule has 170 valence electrons. The van der Waals surface area contributed by atoms with Crippen LogP contribution in [0.4, 0.5) is 20.3 Å². The van der Waals surface area contributed by atoms with E-state index in [9.17, 15) is 12.8 Å². The number of imidazole rings is 1. The summed E-state index contributed by atoms with van der Waals surface area (Å²) in [5.41, 5.74) is 0.741. The smallest absolute Gasteiger partial charge is 0.235 e. The van der Waals surface area contributed by atoms with E-state index in [2.05, 4.69) is 30.2 Å². The Morgan fingerprint density at radius 1 is 1.15 bits per heavy atom. The van der Waals surface area contributed by atoms with Gasteiger partial charge in [-0.05, 0) is 31.7 Å². The average molecular weight is 471 g/mol. The SMILES string of the molecule is Cc1cn(-c2ncc3ncnc(Nc4c(F)ccc(CS(=O)(=O)CC5CC5)c4F)c3n2)cn1. The van der Waals surface area contributed by atoms with Crippen LogP contribution in [-0.4, -0.2) is 43.7 Å². The van der Waals surface area contributed by atoms with Crippen molar-refractivity contribution in [2.24, 2.45) is 5.92 Å². The van der Waals surface area contributed by atoms with E-state index in [4.69, 9.17) is 0 Å². The Labute approximate surface area is 187 Å². The van der Waals surface area contributed by atoms with Crippen LogP contribution in [0, 0.1) is 24.5 Å². The number of aryl methyl sites for hydroxylation is 1. The monoisotopic (exact) mass is 471 g/mol. The zero-order chi connectivity index (χ0) is 23.2. The van der Waals surface area contributed by atoms with Crippen LogP contribution in [0.15, 0.2) is 37.2 Å². The van der Waals surface area contributed by atoms with E-state index < -0.39 is 32.9 Å². The van der Waals surface area contributed by atoms with Crippen molar-refractivity contribution in [2.45, 2.75) is 25.5 Å². The molecule has 3 aromatic heterocycles. The lowest BCUT2D eigenvalue weighted by Crippen LogP contribution is -2.13.